The molecule has 0 heterocycles. The van der Waals surface area contributed by atoms with E-state index >= 15 is 0 Å². The molecule has 0 radical (unpaired) electrons. The number of rotatable bonds is 7. The van der Waals surface area contributed by atoms with E-state index in [0.29, 0.717) is 12.1 Å². The van der Waals surface area contributed by atoms with E-state index in [1.807, 2.05) is 38.4 Å². The Morgan fingerprint density at radius 2 is 1.88 bits per heavy atom. The highest BCUT2D eigenvalue weighted by atomic mass is 127. The van der Waals surface area contributed by atoms with Crippen LogP contribution in [0.15, 0.2) is 40.9 Å². The molecule has 134 valence electrons. The highest BCUT2D eigenvalue weighted by molar-refractivity contribution is 14.1. The van der Waals surface area contributed by atoms with Crippen molar-refractivity contribution in [3.05, 3.63) is 55.6 Å². The van der Waals surface area contributed by atoms with Gasteiger partial charge in [0, 0.05) is 20.3 Å². The van der Waals surface area contributed by atoms with Crippen LogP contribution in [0.4, 0.5) is 11.4 Å². The fourth-order valence-corrected chi connectivity index (χ4v) is 3.43. The second-order valence-electron chi connectivity index (χ2n) is 6.19. The lowest BCUT2D eigenvalue weighted by Gasteiger charge is -2.15. The van der Waals surface area contributed by atoms with Gasteiger partial charge < -0.3 is 15.5 Å². The van der Waals surface area contributed by atoms with Crippen LogP contribution in [-0.4, -0.2) is 38.0 Å². The molecule has 1 amide bonds. The fraction of sp³-hybridized carbons (Fsp3) is 0.316. The lowest BCUT2D eigenvalue weighted by Crippen LogP contribution is -2.27. The number of nitrogens with zero attached hydrogens (tertiary/aromatic N) is 1. The molecule has 2 N–H and O–H groups in total. The van der Waals surface area contributed by atoms with E-state index in [1.165, 1.54) is 3.57 Å². The summed E-state index contributed by atoms with van der Waals surface area (Å²) in [5.74, 6) is -0.0641. The van der Waals surface area contributed by atoms with Gasteiger partial charge in [0.2, 0.25) is 0 Å². The molecule has 0 bridgehead atoms. The maximum atomic E-state index is 12.6. The predicted octanol–water partition coefficient (Wildman–Crippen LogP) is 4.79. The number of hydrogen-bond donors (Lipinski definition) is 2. The molecule has 0 aliphatic carbocycles. The second-order valence-corrected chi connectivity index (χ2v) is 8.35. The Hall–Kier alpha value is -1.12. The third kappa shape index (κ3) is 6.27. The summed E-state index contributed by atoms with van der Waals surface area (Å²) in [7, 11) is 4.06. The number of carbonyl (C=O) groups is 1. The largest absolute Gasteiger partial charge is 0.355 e. The van der Waals surface area contributed by atoms with Gasteiger partial charge in [-0.15, -0.1) is 0 Å². The van der Waals surface area contributed by atoms with Crippen molar-refractivity contribution >= 4 is 55.8 Å². The third-order valence-electron chi connectivity index (χ3n) is 3.75. The lowest BCUT2D eigenvalue weighted by atomic mass is 10.1. The number of nitrogens with one attached hydrogen (secondary N) is 2. The van der Waals surface area contributed by atoms with E-state index in [2.05, 4.69) is 73.1 Å². The Morgan fingerprint density at radius 3 is 2.56 bits per heavy atom. The molecule has 25 heavy (non-hydrogen) atoms. The molecule has 0 aliphatic heterocycles. The zero-order valence-corrected chi connectivity index (χ0v) is 18.4. The number of anilines is 2. The Balaban J connectivity index is 2.15. The van der Waals surface area contributed by atoms with Crippen molar-refractivity contribution in [1.82, 2.24) is 10.2 Å². The van der Waals surface area contributed by atoms with Crippen LogP contribution in [0.3, 0.4) is 0 Å². The summed E-state index contributed by atoms with van der Waals surface area (Å²) in [6.07, 6.45) is 0.922. The van der Waals surface area contributed by atoms with Gasteiger partial charge in [-0.3, -0.25) is 4.79 Å². The van der Waals surface area contributed by atoms with Gasteiger partial charge in [0.15, 0.2) is 0 Å². The SMILES string of the molecule is Cc1cc(I)ccc1Nc1ccc(Br)cc1C(=O)NCCCN(C)C. The zero-order valence-electron chi connectivity index (χ0n) is 14.7. The van der Waals surface area contributed by atoms with Gasteiger partial charge in [-0.05, 0) is 98.5 Å². The van der Waals surface area contributed by atoms with Crippen LogP contribution in [0, 0.1) is 10.5 Å². The van der Waals surface area contributed by atoms with Gasteiger partial charge in [-0.2, -0.15) is 0 Å². The van der Waals surface area contributed by atoms with Crippen molar-refractivity contribution in [3.63, 3.8) is 0 Å². The number of hydrogen-bond acceptors (Lipinski definition) is 3. The van der Waals surface area contributed by atoms with Crippen LogP contribution >= 0.6 is 38.5 Å². The molecule has 2 aromatic carbocycles. The molecule has 4 nitrogen and oxygen atoms in total. The molecular formula is C19H23BrIN3O. The Morgan fingerprint density at radius 1 is 1.16 bits per heavy atom. The summed E-state index contributed by atoms with van der Waals surface area (Å²) in [5.41, 5.74) is 3.59. The van der Waals surface area contributed by atoms with Crippen LogP contribution in [0.2, 0.25) is 0 Å². The molecule has 0 atom stereocenters. The second kappa shape index (κ2) is 9.54. The summed E-state index contributed by atoms with van der Waals surface area (Å²) < 4.78 is 2.08. The molecule has 0 saturated carbocycles. The molecule has 2 rings (SSSR count). The summed E-state index contributed by atoms with van der Waals surface area (Å²) in [6, 6.07) is 11.9. The first-order valence-electron chi connectivity index (χ1n) is 8.12. The van der Waals surface area contributed by atoms with Crippen LogP contribution in [0.1, 0.15) is 22.3 Å². The molecule has 0 saturated heterocycles. The minimum Gasteiger partial charge on any atom is -0.355 e. The highest BCUT2D eigenvalue weighted by Crippen LogP contribution is 2.27. The number of carbonyl (C=O) groups excluding carboxylic acids is 1. The van der Waals surface area contributed by atoms with Gasteiger partial charge in [0.05, 0.1) is 11.3 Å². The minimum absolute atomic E-state index is 0.0641. The summed E-state index contributed by atoms with van der Waals surface area (Å²) in [5, 5.41) is 6.40. The Labute approximate surface area is 171 Å². The van der Waals surface area contributed by atoms with E-state index in [0.717, 1.165) is 34.4 Å². The lowest BCUT2D eigenvalue weighted by molar-refractivity contribution is 0.0953. The smallest absolute Gasteiger partial charge is 0.253 e. The predicted molar refractivity (Wildman–Crippen MR) is 117 cm³/mol. The number of aryl methyl sites for hydroxylation is 1. The topological polar surface area (TPSA) is 44.4 Å². The molecule has 2 aromatic rings. The maximum Gasteiger partial charge on any atom is 0.253 e. The van der Waals surface area contributed by atoms with Crippen molar-refractivity contribution < 1.29 is 4.79 Å². The van der Waals surface area contributed by atoms with Crippen molar-refractivity contribution in [2.24, 2.45) is 0 Å². The molecular weight excluding hydrogens is 493 g/mol. The minimum atomic E-state index is -0.0641. The monoisotopic (exact) mass is 515 g/mol. The molecule has 6 heteroatoms. The molecule has 0 aliphatic rings. The number of halogens is 2. The first-order valence-corrected chi connectivity index (χ1v) is 9.99. The van der Waals surface area contributed by atoms with E-state index in [-0.39, 0.29) is 5.91 Å². The van der Waals surface area contributed by atoms with Crippen LogP contribution < -0.4 is 10.6 Å². The summed E-state index contributed by atoms with van der Waals surface area (Å²) in [4.78, 5) is 14.7. The fourth-order valence-electron chi connectivity index (χ4n) is 2.42. The normalized spacial score (nSPS) is 10.8. The van der Waals surface area contributed by atoms with Crippen molar-refractivity contribution in [2.75, 3.05) is 32.5 Å². The van der Waals surface area contributed by atoms with E-state index in [4.69, 9.17) is 0 Å². The van der Waals surface area contributed by atoms with Crippen molar-refractivity contribution in [1.29, 1.82) is 0 Å². The summed E-state index contributed by atoms with van der Waals surface area (Å²) >= 11 is 5.76. The van der Waals surface area contributed by atoms with Crippen LogP contribution in [-0.2, 0) is 0 Å². The van der Waals surface area contributed by atoms with Crippen molar-refractivity contribution in [3.8, 4) is 0 Å². The van der Waals surface area contributed by atoms with Gasteiger partial charge >= 0.3 is 0 Å². The first-order chi connectivity index (χ1) is 11.9. The van der Waals surface area contributed by atoms with Gasteiger partial charge in [0.1, 0.15) is 0 Å². The molecule has 0 fully saturated rings. The average Bonchev–Trinajstić information content (AvgIpc) is 2.55. The quantitative estimate of drug-likeness (QED) is 0.411. The zero-order chi connectivity index (χ0) is 18.4. The molecule has 0 aromatic heterocycles. The summed E-state index contributed by atoms with van der Waals surface area (Å²) in [6.45, 7) is 3.67. The number of amides is 1. The van der Waals surface area contributed by atoms with Gasteiger partial charge in [-0.1, -0.05) is 15.9 Å². The average molecular weight is 516 g/mol. The van der Waals surface area contributed by atoms with Gasteiger partial charge in [0.25, 0.3) is 5.91 Å². The van der Waals surface area contributed by atoms with Gasteiger partial charge in [-0.25, -0.2) is 0 Å². The first kappa shape index (κ1) is 20.2. The van der Waals surface area contributed by atoms with Crippen LogP contribution in [0.25, 0.3) is 0 Å². The number of benzene rings is 2. The highest BCUT2D eigenvalue weighted by Gasteiger charge is 2.13. The van der Waals surface area contributed by atoms with E-state index in [9.17, 15) is 4.79 Å². The van der Waals surface area contributed by atoms with E-state index in [1.54, 1.807) is 0 Å². The Kier molecular flexibility index (Phi) is 7.71. The molecule has 0 unspecified atom stereocenters. The van der Waals surface area contributed by atoms with Crippen molar-refractivity contribution in [2.45, 2.75) is 13.3 Å². The maximum absolute atomic E-state index is 12.6. The van der Waals surface area contributed by atoms with E-state index < -0.39 is 0 Å². The standard InChI is InChI=1S/C19H23BrIN3O/c1-13-11-15(21)6-8-17(13)23-18-7-5-14(20)12-16(18)19(25)22-9-4-10-24(2)3/h5-8,11-12,23H,4,9-10H2,1-3H3,(H,22,25). The third-order valence-corrected chi connectivity index (χ3v) is 4.92. The Bertz CT molecular complexity index is 749. The van der Waals surface area contributed by atoms with Crippen LogP contribution in [0.5, 0.6) is 0 Å². The molecule has 0 spiro atoms.